The molecule has 10 nitrogen and oxygen atoms in total. The van der Waals surface area contributed by atoms with Gasteiger partial charge in [-0.05, 0) is 43.3 Å². The van der Waals surface area contributed by atoms with E-state index in [1.807, 2.05) is 0 Å². The molecule has 0 amide bonds. The van der Waals surface area contributed by atoms with Crippen LogP contribution in [0.25, 0.3) is 11.0 Å². The van der Waals surface area contributed by atoms with Crippen molar-refractivity contribution in [3.63, 3.8) is 0 Å². The molecule has 1 atom stereocenters. The van der Waals surface area contributed by atoms with Crippen molar-refractivity contribution in [3.8, 4) is 11.5 Å². The molecular formula is C24H21F3N3NaO7S2. The summed E-state index contributed by atoms with van der Waals surface area (Å²) in [5.41, 5.74) is 0.188. The molecule has 2 aromatic heterocycles. The van der Waals surface area contributed by atoms with Crippen molar-refractivity contribution in [1.29, 1.82) is 0 Å². The second kappa shape index (κ2) is 12.4. The molecule has 0 bridgehead atoms. The molecule has 0 aliphatic carbocycles. The topological polar surface area (TPSA) is 144 Å². The summed E-state index contributed by atoms with van der Waals surface area (Å²) in [5, 5.41) is 9.12. The summed E-state index contributed by atoms with van der Waals surface area (Å²) in [5.74, 6) is -1.99. The van der Waals surface area contributed by atoms with Crippen molar-refractivity contribution in [2.75, 3.05) is 13.7 Å². The number of methoxy groups -OCH3 is 1. The van der Waals surface area contributed by atoms with Gasteiger partial charge in [0.05, 0.1) is 28.7 Å². The Kier molecular flexibility index (Phi) is 9.80. The van der Waals surface area contributed by atoms with Gasteiger partial charge in [0.1, 0.15) is 17.1 Å². The fourth-order valence-electron chi connectivity index (χ4n) is 3.69. The van der Waals surface area contributed by atoms with Gasteiger partial charge in [-0.2, -0.15) is 22.1 Å². The van der Waals surface area contributed by atoms with Crippen LogP contribution in [0.1, 0.15) is 21.6 Å². The van der Waals surface area contributed by atoms with Crippen LogP contribution >= 0.6 is 0 Å². The minimum atomic E-state index is -4.57. The Morgan fingerprint density at radius 2 is 1.85 bits per heavy atom. The van der Waals surface area contributed by atoms with Crippen LogP contribution in [0.5, 0.6) is 11.5 Å². The number of hydrogen-bond acceptors (Lipinski definition) is 8. The van der Waals surface area contributed by atoms with Gasteiger partial charge in [0.25, 0.3) is 10.0 Å². The summed E-state index contributed by atoms with van der Waals surface area (Å²) >= 11 is -2.17. The van der Waals surface area contributed by atoms with Crippen LogP contribution in [-0.2, 0) is 27.0 Å². The molecule has 2 heterocycles. The molecular weight excluding hydrogens is 586 g/mol. The maximum absolute atomic E-state index is 13.8. The molecule has 0 aliphatic heterocycles. The molecule has 40 heavy (non-hydrogen) atoms. The number of imidazole rings is 1. The quantitative estimate of drug-likeness (QED) is 0.224. The van der Waals surface area contributed by atoms with Gasteiger partial charge in [0, 0.05) is 22.9 Å². The number of nitrogens with zero attached hydrogens (tertiary/aromatic N) is 3. The number of carboxylic acids is 1. The van der Waals surface area contributed by atoms with Gasteiger partial charge in [-0.3, -0.25) is 4.98 Å². The first kappa shape index (κ1) is 31.7. The number of carbonyl (C=O) groups is 1. The van der Waals surface area contributed by atoms with Crippen molar-refractivity contribution >= 4 is 67.8 Å². The third kappa shape index (κ3) is 6.56. The van der Waals surface area contributed by atoms with E-state index in [2.05, 4.69) is 9.97 Å². The van der Waals surface area contributed by atoms with Crippen LogP contribution in [0.4, 0.5) is 13.2 Å². The fourth-order valence-corrected chi connectivity index (χ4v) is 6.76. The van der Waals surface area contributed by atoms with Crippen molar-refractivity contribution in [1.82, 2.24) is 13.9 Å². The van der Waals surface area contributed by atoms with E-state index in [1.165, 1.54) is 44.5 Å². The Labute approximate surface area is 251 Å². The van der Waals surface area contributed by atoms with Gasteiger partial charge in [-0.1, -0.05) is 12.1 Å². The Balaban J connectivity index is 0.00000441. The number of pyridine rings is 1. The fraction of sp³-hybridized carbons (Fsp3) is 0.208. The zero-order valence-corrected chi connectivity index (χ0v) is 21.9. The van der Waals surface area contributed by atoms with Gasteiger partial charge in [-0.25, -0.2) is 13.2 Å². The first-order valence-electron chi connectivity index (χ1n) is 11.0. The summed E-state index contributed by atoms with van der Waals surface area (Å²) in [7, 11) is -3.31. The number of benzene rings is 2. The van der Waals surface area contributed by atoms with Crippen molar-refractivity contribution in [3.05, 3.63) is 71.5 Å². The molecule has 1 N–H and O–H groups in total. The third-order valence-electron chi connectivity index (χ3n) is 5.55. The molecule has 0 spiro atoms. The SMILES string of the molecule is COc1ccc(S(=O)(=O)n2c([S+]([O-])Cc3nccc(OCC(F)(F)F)c3C)nc3ccccc32)cc1C(=O)O.[NaH]. The van der Waals surface area contributed by atoms with E-state index in [9.17, 15) is 36.0 Å². The van der Waals surface area contributed by atoms with Crippen LogP contribution < -0.4 is 9.47 Å². The summed E-state index contributed by atoms with van der Waals surface area (Å²) < 4.78 is 89.5. The van der Waals surface area contributed by atoms with E-state index in [4.69, 9.17) is 9.47 Å². The van der Waals surface area contributed by atoms with E-state index in [-0.39, 0.29) is 68.5 Å². The van der Waals surface area contributed by atoms with Crippen LogP contribution in [0.3, 0.4) is 0 Å². The Bertz CT molecular complexity index is 1660. The van der Waals surface area contributed by atoms with E-state index >= 15 is 0 Å². The monoisotopic (exact) mass is 607 g/mol. The molecule has 208 valence electrons. The number of aromatic carboxylic acids is 1. The van der Waals surface area contributed by atoms with Gasteiger partial charge >= 0.3 is 46.9 Å². The molecule has 0 saturated carbocycles. The number of aromatic nitrogens is 3. The maximum atomic E-state index is 13.8. The van der Waals surface area contributed by atoms with Crippen LogP contribution in [0, 0.1) is 6.92 Å². The van der Waals surface area contributed by atoms with E-state index in [0.717, 1.165) is 16.1 Å². The van der Waals surface area contributed by atoms with E-state index in [0.29, 0.717) is 0 Å². The van der Waals surface area contributed by atoms with Gasteiger partial charge in [0.2, 0.25) is 0 Å². The molecule has 0 saturated heterocycles. The second-order valence-electron chi connectivity index (χ2n) is 8.09. The van der Waals surface area contributed by atoms with Crippen molar-refractivity contribution in [2.24, 2.45) is 0 Å². The number of rotatable bonds is 9. The average molecular weight is 608 g/mol. The van der Waals surface area contributed by atoms with Crippen LogP contribution in [0.2, 0.25) is 0 Å². The predicted molar refractivity (Wildman–Crippen MR) is 140 cm³/mol. The molecule has 4 aromatic rings. The van der Waals surface area contributed by atoms with Crippen molar-refractivity contribution < 1.29 is 45.5 Å². The zero-order valence-electron chi connectivity index (χ0n) is 20.3. The molecule has 1 unspecified atom stereocenters. The minimum absolute atomic E-state index is 0. The Hall–Kier alpha value is -2.82. The standard InChI is InChI=1S/C24H20F3N3O7S2.Na.H/c1-14-18(28-10-9-20(14)37-13-24(25,26)27)12-38(33)23-29-17-5-3-4-6-19(17)30(23)39(34,35)15-7-8-21(36-2)16(11-15)22(31)32;;/h3-11H,12-13H2,1-2H3,(H,31,32);;. The molecule has 0 radical (unpaired) electrons. The number of alkyl halides is 3. The molecule has 16 heteroatoms. The van der Waals surface area contributed by atoms with Gasteiger partial charge in [-0.15, -0.1) is 0 Å². The van der Waals surface area contributed by atoms with Gasteiger partial charge in [0.15, 0.2) is 12.4 Å². The first-order chi connectivity index (χ1) is 18.3. The molecule has 0 aliphatic rings. The Morgan fingerprint density at radius 3 is 2.50 bits per heavy atom. The zero-order chi connectivity index (χ0) is 28.5. The van der Waals surface area contributed by atoms with Crippen LogP contribution in [0.15, 0.2) is 64.8 Å². The molecule has 0 fully saturated rings. The summed E-state index contributed by atoms with van der Waals surface area (Å²) in [6, 6.07) is 10.6. The molecule has 4 rings (SSSR count). The first-order valence-corrected chi connectivity index (χ1v) is 13.8. The number of para-hydroxylation sites is 2. The van der Waals surface area contributed by atoms with Crippen LogP contribution in [-0.4, -0.2) is 87.4 Å². The second-order valence-corrected chi connectivity index (χ2v) is 11.2. The number of ether oxygens (including phenoxy) is 2. The summed E-state index contributed by atoms with van der Waals surface area (Å²) in [6.45, 7) is -0.0929. The predicted octanol–water partition coefficient (Wildman–Crippen LogP) is 3.28. The molecule has 2 aromatic carbocycles. The average Bonchev–Trinajstić information content (AvgIpc) is 3.29. The number of hydrogen-bond donors (Lipinski definition) is 1. The third-order valence-corrected chi connectivity index (χ3v) is 8.58. The van der Waals surface area contributed by atoms with Gasteiger partial charge < -0.3 is 19.1 Å². The summed E-state index contributed by atoms with van der Waals surface area (Å²) in [4.78, 5) is 19.6. The number of fused-ring (bicyclic) bond motifs is 1. The summed E-state index contributed by atoms with van der Waals surface area (Å²) in [6.07, 6.45) is -3.38. The van der Waals surface area contributed by atoms with Crippen molar-refractivity contribution in [2.45, 2.75) is 28.9 Å². The normalized spacial score (nSPS) is 12.6. The number of halogens is 3. The van der Waals surface area contributed by atoms with E-state index in [1.54, 1.807) is 12.1 Å². The Morgan fingerprint density at radius 1 is 1.15 bits per heavy atom. The number of carboxylic acid groups (broad SMARTS) is 1. The van der Waals surface area contributed by atoms with E-state index < -0.39 is 56.2 Å².